The van der Waals surface area contributed by atoms with E-state index in [9.17, 15) is 55.1 Å². The third-order valence-corrected chi connectivity index (χ3v) is 22.2. The number of hydrogen-bond acceptors (Lipinski definition) is 22. The van der Waals surface area contributed by atoms with Crippen LogP contribution in [-0.2, 0) is 90.9 Å². The zero-order valence-electron chi connectivity index (χ0n) is 74.0. The van der Waals surface area contributed by atoms with E-state index in [0.29, 0.717) is 155 Å². The highest BCUT2D eigenvalue weighted by atomic mass is 19.4. The molecule has 6 N–H and O–H groups in total. The summed E-state index contributed by atoms with van der Waals surface area (Å²) in [4.78, 5) is 127. The van der Waals surface area contributed by atoms with Crippen LogP contribution in [0.5, 0.6) is 11.5 Å². The van der Waals surface area contributed by atoms with Gasteiger partial charge in [0, 0.05) is 128 Å². The highest BCUT2D eigenvalue weighted by Crippen LogP contribution is 2.34. The number of fused-ring (bicyclic) bond motifs is 2. The number of nitrogens with zero attached hydrogens (tertiary/aromatic N) is 14. The maximum absolute atomic E-state index is 13.2. The molecule has 8 aromatic heterocycles. The van der Waals surface area contributed by atoms with Crippen molar-refractivity contribution < 1.29 is 64.6 Å². The maximum atomic E-state index is 13.2. The van der Waals surface area contributed by atoms with E-state index in [1.54, 1.807) is 122 Å². The smallest absolute Gasteiger partial charge is 0.416 e. The Hall–Kier alpha value is -15.6. The number of ether oxygens (including phenoxy) is 2. The minimum absolute atomic E-state index is 0.0226. The van der Waals surface area contributed by atoms with Crippen LogP contribution in [0.1, 0.15) is 167 Å². The number of anilines is 4. The van der Waals surface area contributed by atoms with Gasteiger partial charge in [0.25, 0.3) is 35.4 Å². The number of benzene rings is 6. The Kier molecular flexibility index (Phi) is 31.6. The summed E-state index contributed by atoms with van der Waals surface area (Å²) in [6, 6.07) is 78.4. The molecule has 16 rings (SSSR count). The molecule has 0 spiro atoms. The van der Waals surface area contributed by atoms with Gasteiger partial charge in [-0.05, 0) is 242 Å². The normalized spacial score (nSPS) is 12.5. The van der Waals surface area contributed by atoms with Crippen molar-refractivity contribution in [2.24, 2.45) is 0 Å². The van der Waals surface area contributed by atoms with Gasteiger partial charge in [-0.3, -0.25) is 78.1 Å². The molecule has 692 valence electrons. The number of nitrogens with two attached hydrogens (primary N) is 2. The van der Waals surface area contributed by atoms with Crippen LogP contribution in [0.15, 0.2) is 304 Å². The van der Waals surface area contributed by atoms with Crippen LogP contribution >= 0.6 is 0 Å². The number of hydrogen-bond donors (Lipinski definition) is 4. The fourth-order valence-electron chi connectivity index (χ4n) is 15.9. The van der Waals surface area contributed by atoms with Gasteiger partial charge in [0.2, 0.25) is 0 Å². The Morgan fingerprint density at radius 1 is 0.309 bits per heavy atom. The van der Waals surface area contributed by atoms with Gasteiger partial charge in [0.1, 0.15) is 34.8 Å². The van der Waals surface area contributed by atoms with E-state index in [4.69, 9.17) is 30.9 Å². The summed E-state index contributed by atoms with van der Waals surface area (Å²) in [7, 11) is 0. The van der Waals surface area contributed by atoms with Crippen molar-refractivity contribution in [1.82, 2.24) is 69.3 Å². The molecular formula is C104H96F6N18O8. The second kappa shape index (κ2) is 45.2. The lowest BCUT2D eigenvalue weighted by Crippen LogP contribution is -2.30. The van der Waals surface area contributed by atoms with E-state index in [0.717, 1.165) is 111 Å². The van der Waals surface area contributed by atoms with Gasteiger partial charge in [-0.1, -0.05) is 84.9 Å². The standard InChI is InChI=1S/C60H51F6N9O5.C44H45N9O3/c61-59(62,63)44-23-19-42(20-24-44)55(76)71-53-17-9-13-48(69-53)38-73(36-46-11-3-5-27-67-46)34-40-31-41(33-50(32-40)80-30-8-7-29-75-57(78)51-15-1-2-16-52(51)58(75)79)35-74(37-47-12-4-6-28-68-47)39-49-14-10-18-54(70-49)72-56(77)43-21-25-45(26-22-43)60(64,65)66;45-41-17-9-13-36(49-41)30-51(28-34-11-3-5-19-47-34)26-32-23-33(27-52(29-35-12-4-6-20-48-35)31-37-14-10-18-42(46)50-37)25-38(24-32)56-22-8-7-21-53-43(54)39-15-1-2-16-40(39)44(53)55/h1-6,9-28,31-33H,7-8,29-30,34-39H2,(H,69,71,76)(H,70,72,77);1-6,9-20,23-25H,7-8,21-22,26-31H2,(H2,45,49)(H2,46,50). The first-order valence-electron chi connectivity index (χ1n) is 44.1. The Morgan fingerprint density at radius 3 is 0.860 bits per heavy atom. The van der Waals surface area contributed by atoms with Crippen LogP contribution in [0.2, 0.25) is 0 Å². The molecule has 6 amide bonds. The Balaban J connectivity index is 0.000000220. The van der Waals surface area contributed by atoms with Gasteiger partial charge >= 0.3 is 12.4 Å². The predicted octanol–water partition coefficient (Wildman–Crippen LogP) is 18.0. The minimum atomic E-state index is -4.56. The molecule has 136 heavy (non-hydrogen) atoms. The number of imide groups is 2. The number of amides is 6. The summed E-state index contributed by atoms with van der Waals surface area (Å²) in [5.74, 6) is 0.217. The lowest BCUT2D eigenvalue weighted by Gasteiger charge is -2.25. The first-order chi connectivity index (χ1) is 65.9. The topological polar surface area (TPSA) is 320 Å². The molecule has 0 bridgehead atoms. The fourth-order valence-corrected chi connectivity index (χ4v) is 15.9. The summed E-state index contributed by atoms with van der Waals surface area (Å²) in [6.45, 7) is 6.68. The van der Waals surface area contributed by atoms with Gasteiger partial charge < -0.3 is 31.6 Å². The van der Waals surface area contributed by atoms with Crippen molar-refractivity contribution in [3.8, 4) is 11.5 Å². The van der Waals surface area contributed by atoms with Crippen LogP contribution in [0.3, 0.4) is 0 Å². The van der Waals surface area contributed by atoms with E-state index in [2.05, 4.69) is 78.3 Å². The number of alkyl halides is 6. The molecule has 10 heterocycles. The molecule has 0 fully saturated rings. The average molecular weight is 1840 g/mol. The number of nitrogen functional groups attached to an aromatic ring is 2. The summed E-state index contributed by atoms with van der Waals surface area (Å²) < 4.78 is 92.3. The number of carbonyl (C=O) groups excluding carboxylic acids is 6. The maximum Gasteiger partial charge on any atom is 0.416 e. The van der Waals surface area contributed by atoms with Crippen LogP contribution in [0.4, 0.5) is 49.6 Å². The molecule has 0 aliphatic carbocycles. The minimum Gasteiger partial charge on any atom is -0.494 e. The largest absolute Gasteiger partial charge is 0.494 e. The van der Waals surface area contributed by atoms with Gasteiger partial charge in [-0.15, -0.1) is 0 Å². The SMILES string of the molecule is Nc1cccc(CN(Cc2cc(CN(Cc3ccccn3)Cc3cccc(N)n3)cc(OCCCCN3C(=O)c4ccccc4C3=O)c2)Cc2ccccn2)n1.O=C(Nc1cccc(CN(Cc2cc(CN(Cc3ccccn3)Cc3cccc(NC(=O)c4ccc(C(F)(F)F)cc4)n3)cc(OCCCCN3C(=O)c4ccccc4C3=O)c2)Cc2ccccn2)n1)c1ccc(C(F)(F)F)cc1. The highest BCUT2D eigenvalue weighted by Gasteiger charge is 2.37. The van der Waals surface area contributed by atoms with E-state index in [1.165, 1.54) is 9.80 Å². The zero-order chi connectivity index (χ0) is 94.9. The number of pyridine rings is 8. The molecule has 2 aliphatic heterocycles. The Morgan fingerprint density at radius 2 is 0.581 bits per heavy atom. The van der Waals surface area contributed by atoms with E-state index < -0.39 is 35.3 Å². The summed E-state index contributed by atoms with van der Waals surface area (Å²) in [6.07, 6.45) is 0.161. The number of rotatable bonds is 40. The van der Waals surface area contributed by atoms with Crippen molar-refractivity contribution in [3.63, 3.8) is 0 Å². The van der Waals surface area contributed by atoms with Crippen LogP contribution in [0, 0.1) is 0 Å². The summed E-state index contributed by atoms with van der Waals surface area (Å²) in [5.41, 5.74) is 22.2. The second-order valence-corrected chi connectivity index (χ2v) is 32.8. The number of halogens is 6. The molecule has 2 aliphatic rings. The monoisotopic (exact) mass is 1840 g/mol. The molecule has 0 unspecified atom stereocenters. The van der Waals surface area contributed by atoms with Crippen molar-refractivity contribution in [2.75, 3.05) is 48.4 Å². The van der Waals surface area contributed by atoms with Crippen molar-refractivity contribution in [3.05, 3.63) is 416 Å². The first kappa shape index (κ1) is 95.0. The fraction of sp³-hybridized carbons (Fsp3) is 0.212. The summed E-state index contributed by atoms with van der Waals surface area (Å²) in [5, 5.41) is 5.39. The van der Waals surface area contributed by atoms with Crippen LogP contribution in [-0.4, -0.2) is 131 Å². The third-order valence-electron chi connectivity index (χ3n) is 22.2. The molecule has 14 aromatic rings. The summed E-state index contributed by atoms with van der Waals surface area (Å²) >= 11 is 0. The molecule has 32 heteroatoms. The Labute approximate surface area is 781 Å². The Bertz CT molecular complexity index is 6110. The van der Waals surface area contributed by atoms with Crippen molar-refractivity contribution >= 4 is 58.7 Å². The molecule has 0 saturated carbocycles. The zero-order valence-corrected chi connectivity index (χ0v) is 74.0. The molecule has 26 nitrogen and oxygen atoms in total. The predicted molar refractivity (Wildman–Crippen MR) is 499 cm³/mol. The third kappa shape index (κ3) is 26.9. The van der Waals surface area contributed by atoms with Gasteiger partial charge in [0.05, 0.1) is 92.1 Å². The van der Waals surface area contributed by atoms with Gasteiger partial charge in [-0.25, -0.2) is 19.9 Å². The number of unbranched alkanes of at least 4 members (excludes halogenated alkanes) is 2. The van der Waals surface area contributed by atoms with E-state index in [1.807, 2.05) is 115 Å². The van der Waals surface area contributed by atoms with Crippen molar-refractivity contribution in [2.45, 2.75) is 117 Å². The molecule has 0 saturated heterocycles. The number of nitrogens with one attached hydrogen (secondary N) is 2. The van der Waals surface area contributed by atoms with Crippen LogP contribution in [0.25, 0.3) is 0 Å². The van der Waals surface area contributed by atoms with Crippen molar-refractivity contribution in [1.29, 1.82) is 0 Å². The number of aromatic nitrogens is 8. The molecule has 0 radical (unpaired) electrons. The molecule has 6 aromatic carbocycles. The lowest BCUT2D eigenvalue weighted by atomic mass is 10.1. The molecular weight excluding hydrogens is 1740 g/mol. The second-order valence-electron chi connectivity index (χ2n) is 32.8. The number of carbonyl (C=O) groups is 6. The van der Waals surface area contributed by atoms with E-state index >= 15 is 0 Å². The van der Waals surface area contributed by atoms with E-state index in [-0.39, 0.29) is 72.6 Å². The highest BCUT2D eigenvalue weighted by molar-refractivity contribution is 6.22. The molecule has 0 atom stereocenters. The van der Waals surface area contributed by atoms with Gasteiger partial charge in [-0.2, -0.15) is 26.3 Å². The van der Waals surface area contributed by atoms with Crippen LogP contribution < -0.4 is 31.6 Å². The lowest BCUT2D eigenvalue weighted by molar-refractivity contribution is -0.138. The van der Waals surface area contributed by atoms with Gasteiger partial charge in [0.15, 0.2) is 0 Å². The average Bonchev–Trinajstić information content (AvgIpc) is 1.64. The first-order valence-corrected chi connectivity index (χ1v) is 44.1. The quantitative estimate of drug-likeness (QED) is 0.0157.